The summed E-state index contributed by atoms with van der Waals surface area (Å²) in [6.45, 7) is 6.44. The first-order valence-corrected chi connectivity index (χ1v) is 7.16. The van der Waals surface area contributed by atoms with Crippen molar-refractivity contribution >= 4 is 28.5 Å². The van der Waals surface area contributed by atoms with Crippen LogP contribution in [-0.2, 0) is 17.2 Å². The van der Waals surface area contributed by atoms with Gasteiger partial charge in [-0.15, -0.1) is 11.6 Å². The molecule has 0 saturated carbocycles. The number of imidazole rings is 1. The van der Waals surface area contributed by atoms with E-state index in [2.05, 4.69) is 16.4 Å². The highest BCUT2D eigenvalue weighted by Crippen LogP contribution is 2.25. The van der Waals surface area contributed by atoms with Crippen LogP contribution in [0.4, 0.5) is 0 Å². The van der Waals surface area contributed by atoms with E-state index in [-0.39, 0.29) is 5.91 Å². The lowest BCUT2D eigenvalue weighted by Gasteiger charge is -2.24. The molecule has 2 rings (SSSR count). The second kappa shape index (κ2) is 5.44. The molecule has 108 valence electrons. The number of alkyl halides is 1. The Hall–Kier alpha value is -1.55. The van der Waals surface area contributed by atoms with Crippen molar-refractivity contribution < 1.29 is 4.79 Å². The number of aryl methyl sites for hydroxylation is 1. The van der Waals surface area contributed by atoms with Crippen LogP contribution in [0.3, 0.4) is 0 Å². The SMILES string of the molecule is CNC(=O)C(C)(C)Cn1c(CCl)nc2ccc(C)cc21. The third-order valence-corrected chi connectivity index (χ3v) is 3.74. The average molecular weight is 294 g/mol. The third-order valence-electron chi connectivity index (χ3n) is 3.50. The number of rotatable bonds is 4. The maximum Gasteiger partial charge on any atom is 0.227 e. The van der Waals surface area contributed by atoms with Gasteiger partial charge in [-0.2, -0.15) is 0 Å². The number of amides is 1. The molecular formula is C15H20ClN3O. The Morgan fingerprint density at radius 1 is 1.45 bits per heavy atom. The largest absolute Gasteiger partial charge is 0.359 e. The van der Waals surface area contributed by atoms with Crippen molar-refractivity contribution in [3.05, 3.63) is 29.6 Å². The van der Waals surface area contributed by atoms with Crippen molar-refractivity contribution in [1.82, 2.24) is 14.9 Å². The maximum atomic E-state index is 12.0. The zero-order chi connectivity index (χ0) is 14.9. The van der Waals surface area contributed by atoms with Gasteiger partial charge < -0.3 is 9.88 Å². The number of aromatic nitrogens is 2. The van der Waals surface area contributed by atoms with Gasteiger partial charge in [-0.25, -0.2) is 4.98 Å². The first-order chi connectivity index (χ1) is 9.39. The fourth-order valence-corrected chi connectivity index (χ4v) is 2.57. The van der Waals surface area contributed by atoms with Crippen LogP contribution in [0.5, 0.6) is 0 Å². The summed E-state index contributed by atoms with van der Waals surface area (Å²) in [5.74, 6) is 1.13. The molecule has 0 aliphatic carbocycles. The summed E-state index contributed by atoms with van der Waals surface area (Å²) in [5, 5.41) is 2.71. The molecule has 5 heteroatoms. The number of nitrogens with zero attached hydrogens (tertiary/aromatic N) is 2. The summed E-state index contributed by atoms with van der Waals surface area (Å²) in [5.41, 5.74) is 2.58. The molecule has 1 heterocycles. The molecular weight excluding hydrogens is 274 g/mol. The Balaban J connectivity index is 2.52. The summed E-state index contributed by atoms with van der Waals surface area (Å²) < 4.78 is 2.05. The highest BCUT2D eigenvalue weighted by atomic mass is 35.5. The summed E-state index contributed by atoms with van der Waals surface area (Å²) in [6.07, 6.45) is 0. The molecule has 0 saturated heterocycles. The number of carbonyl (C=O) groups excluding carboxylic acids is 1. The molecule has 1 N–H and O–H groups in total. The van der Waals surface area contributed by atoms with Gasteiger partial charge in [-0.3, -0.25) is 4.79 Å². The van der Waals surface area contributed by atoms with Crippen molar-refractivity contribution in [2.24, 2.45) is 5.41 Å². The highest BCUT2D eigenvalue weighted by Gasteiger charge is 2.28. The molecule has 0 unspecified atom stereocenters. The van der Waals surface area contributed by atoms with Crippen LogP contribution < -0.4 is 5.32 Å². The summed E-state index contributed by atoms with van der Waals surface area (Å²) in [6, 6.07) is 6.10. The maximum absolute atomic E-state index is 12.0. The van der Waals surface area contributed by atoms with Crippen LogP contribution in [-0.4, -0.2) is 22.5 Å². The number of nitrogens with one attached hydrogen (secondary N) is 1. The second-order valence-corrected chi connectivity index (χ2v) is 5.97. The van der Waals surface area contributed by atoms with E-state index in [1.54, 1.807) is 7.05 Å². The molecule has 1 aromatic heterocycles. The Morgan fingerprint density at radius 3 is 2.75 bits per heavy atom. The van der Waals surface area contributed by atoms with E-state index in [1.165, 1.54) is 0 Å². The molecule has 0 atom stereocenters. The van der Waals surface area contributed by atoms with Gasteiger partial charge in [0.15, 0.2) is 0 Å². The molecule has 1 amide bonds. The van der Waals surface area contributed by atoms with E-state index < -0.39 is 5.41 Å². The quantitative estimate of drug-likeness (QED) is 0.881. The van der Waals surface area contributed by atoms with E-state index in [0.29, 0.717) is 12.4 Å². The standard InChI is InChI=1S/C15H20ClN3O/c1-10-5-6-11-12(7-10)19(13(8-16)18-11)9-15(2,3)14(20)17-4/h5-7H,8-9H2,1-4H3,(H,17,20). The van der Waals surface area contributed by atoms with Crippen LogP contribution in [0, 0.1) is 12.3 Å². The molecule has 0 spiro atoms. The molecule has 4 nitrogen and oxygen atoms in total. The van der Waals surface area contributed by atoms with Gasteiger partial charge in [0.05, 0.1) is 22.3 Å². The molecule has 2 aromatic rings. The number of benzene rings is 1. The molecule has 0 fully saturated rings. The van der Waals surface area contributed by atoms with Crippen molar-refractivity contribution in [3.8, 4) is 0 Å². The van der Waals surface area contributed by atoms with Crippen molar-refractivity contribution in [2.75, 3.05) is 7.05 Å². The van der Waals surface area contributed by atoms with Crippen LogP contribution in [0.2, 0.25) is 0 Å². The molecule has 0 bridgehead atoms. The van der Waals surface area contributed by atoms with E-state index in [0.717, 1.165) is 22.4 Å². The lowest BCUT2D eigenvalue weighted by molar-refractivity contribution is -0.129. The van der Waals surface area contributed by atoms with Crippen molar-refractivity contribution in [1.29, 1.82) is 0 Å². The number of hydrogen-bond acceptors (Lipinski definition) is 2. The summed E-state index contributed by atoms with van der Waals surface area (Å²) in [7, 11) is 1.66. The van der Waals surface area contributed by atoms with Gasteiger partial charge in [-0.1, -0.05) is 6.07 Å². The molecule has 0 aliphatic rings. The molecule has 1 aromatic carbocycles. The molecule has 20 heavy (non-hydrogen) atoms. The Labute approximate surface area is 124 Å². The minimum atomic E-state index is -0.521. The number of carbonyl (C=O) groups is 1. The fourth-order valence-electron chi connectivity index (χ4n) is 2.37. The topological polar surface area (TPSA) is 46.9 Å². The van der Waals surface area contributed by atoms with Crippen molar-refractivity contribution in [3.63, 3.8) is 0 Å². The number of fused-ring (bicyclic) bond motifs is 1. The van der Waals surface area contributed by atoms with E-state index in [4.69, 9.17) is 11.6 Å². The third kappa shape index (κ3) is 2.66. The lowest BCUT2D eigenvalue weighted by Crippen LogP contribution is -2.38. The first-order valence-electron chi connectivity index (χ1n) is 6.63. The predicted octanol–water partition coefficient (Wildman–Crippen LogP) is 2.86. The first kappa shape index (κ1) is 14.9. The van der Waals surface area contributed by atoms with Gasteiger partial charge in [-0.05, 0) is 38.5 Å². The number of halogens is 1. The van der Waals surface area contributed by atoms with E-state index >= 15 is 0 Å². The predicted molar refractivity (Wildman–Crippen MR) is 81.9 cm³/mol. The summed E-state index contributed by atoms with van der Waals surface area (Å²) in [4.78, 5) is 16.5. The smallest absolute Gasteiger partial charge is 0.227 e. The van der Waals surface area contributed by atoms with E-state index in [9.17, 15) is 4.79 Å². The van der Waals surface area contributed by atoms with E-state index in [1.807, 2.05) is 37.5 Å². The summed E-state index contributed by atoms with van der Waals surface area (Å²) >= 11 is 6.00. The van der Waals surface area contributed by atoms with Crippen LogP contribution >= 0.6 is 11.6 Å². The normalized spacial score (nSPS) is 11.8. The van der Waals surface area contributed by atoms with Crippen molar-refractivity contribution in [2.45, 2.75) is 33.2 Å². The molecule has 0 aliphatic heterocycles. The zero-order valence-corrected chi connectivity index (χ0v) is 13.1. The van der Waals surface area contributed by atoms with Crippen LogP contribution in [0.15, 0.2) is 18.2 Å². The van der Waals surface area contributed by atoms with Gasteiger partial charge in [0, 0.05) is 13.6 Å². The minimum absolute atomic E-state index is 0.00697. The van der Waals surface area contributed by atoms with Crippen LogP contribution in [0.1, 0.15) is 25.2 Å². The van der Waals surface area contributed by atoms with Gasteiger partial charge in [0.2, 0.25) is 5.91 Å². The van der Waals surface area contributed by atoms with Gasteiger partial charge >= 0.3 is 0 Å². The average Bonchev–Trinajstić information content (AvgIpc) is 2.74. The zero-order valence-electron chi connectivity index (χ0n) is 12.3. The highest BCUT2D eigenvalue weighted by molar-refractivity contribution is 6.16. The molecule has 0 radical (unpaired) electrons. The Kier molecular flexibility index (Phi) is 4.04. The Morgan fingerprint density at radius 2 is 2.15 bits per heavy atom. The van der Waals surface area contributed by atoms with Gasteiger partial charge in [0.25, 0.3) is 0 Å². The fraction of sp³-hybridized carbons (Fsp3) is 0.467. The monoisotopic (exact) mass is 293 g/mol. The number of hydrogen-bond donors (Lipinski definition) is 1. The van der Waals surface area contributed by atoms with Gasteiger partial charge in [0.1, 0.15) is 5.82 Å². The minimum Gasteiger partial charge on any atom is -0.359 e. The second-order valence-electron chi connectivity index (χ2n) is 5.70. The lowest BCUT2D eigenvalue weighted by atomic mass is 9.92. The Bertz CT molecular complexity index is 646. The van der Waals surface area contributed by atoms with Crippen LogP contribution in [0.25, 0.3) is 11.0 Å².